The van der Waals surface area contributed by atoms with Crippen LogP contribution >= 0.6 is 0 Å². The van der Waals surface area contributed by atoms with E-state index < -0.39 is 15.4 Å². The zero-order valence-corrected chi connectivity index (χ0v) is 4.95. The van der Waals surface area contributed by atoms with Gasteiger partial charge >= 0.3 is 26.8 Å². The van der Waals surface area contributed by atoms with Gasteiger partial charge in [0, 0.05) is 18.6 Å². The van der Waals surface area contributed by atoms with Crippen LogP contribution in [0.3, 0.4) is 0 Å². The monoisotopic (exact) mass is 151 g/mol. The van der Waals surface area contributed by atoms with Crippen molar-refractivity contribution in [2.75, 3.05) is 0 Å². The third-order valence-electron chi connectivity index (χ3n) is 0. The van der Waals surface area contributed by atoms with Crippen molar-refractivity contribution in [3.63, 3.8) is 0 Å². The topological polar surface area (TPSA) is 54.4 Å². The molecule has 0 fully saturated rings. The molecule has 0 spiro atoms. The molecule has 0 aromatic carbocycles. The van der Waals surface area contributed by atoms with Gasteiger partial charge in [0.2, 0.25) is 0 Å². The molecule has 0 atom stereocenters. The molecule has 0 rings (SSSR count). The number of hydrogen-bond acceptors (Lipinski definition) is 2. The van der Waals surface area contributed by atoms with Crippen LogP contribution in [-0.2, 0) is 41.3 Å². The Morgan fingerprint density at radius 3 is 1.40 bits per heavy atom. The Balaban J connectivity index is 0. The molecule has 29 valence electrons. The maximum absolute atomic E-state index is 8.67. The summed E-state index contributed by atoms with van der Waals surface area (Å²) in [5.41, 5.74) is 0. The Hall–Kier alpha value is 0.729. The standard InChI is InChI=1S/H2O.2O.2V/h1H2;;;;/q;;;;+1/p-1. The van der Waals surface area contributed by atoms with E-state index in [0.29, 0.717) is 0 Å². The summed E-state index contributed by atoms with van der Waals surface area (Å²) in [5, 5.41) is 0. The van der Waals surface area contributed by atoms with E-state index in [1.807, 2.05) is 0 Å². The molecule has 5 heteroatoms. The Bertz CT molecular complexity index is 53.3. The van der Waals surface area contributed by atoms with Crippen LogP contribution in [0, 0.1) is 0 Å². The summed E-state index contributed by atoms with van der Waals surface area (Å²) in [6.45, 7) is 0. The molecule has 0 aliphatic rings. The summed E-state index contributed by atoms with van der Waals surface area (Å²) in [6, 6.07) is 0. The molecule has 1 N–H and O–H groups in total. The van der Waals surface area contributed by atoms with E-state index in [1.165, 1.54) is 0 Å². The zero-order chi connectivity index (χ0) is 3.58. The van der Waals surface area contributed by atoms with Crippen molar-refractivity contribution >= 4 is 0 Å². The van der Waals surface area contributed by atoms with Gasteiger partial charge in [0.1, 0.15) is 0 Å². The molecule has 3 nitrogen and oxygen atoms in total. The maximum Gasteiger partial charge on any atom is 0 e. The van der Waals surface area contributed by atoms with Crippen molar-refractivity contribution in [2.24, 2.45) is 0 Å². The van der Waals surface area contributed by atoms with E-state index in [2.05, 4.69) is 0 Å². The minimum atomic E-state index is -3.69. The second-order valence-electron chi connectivity index (χ2n) is 0.238. The summed E-state index contributed by atoms with van der Waals surface area (Å²) in [5.74, 6) is 0. The first-order valence-corrected chi connectivity index (χ1v) is 2.33. The Labute approximate surface area is 45.6 Å². The van der Waals surface area contributed by atoms with Crippen molar-refractivity contribution in [2.45, 2.75) is 0 Å². The van der Waals surface area contributed by atoms with Gasteiger partial charge in [0.15, 0.2) is 0 Å². The first-order valence-electron chi connectivity index (χ1n) is 0.565. The largest absolute Gasteiger partial charge is 0 e. The fourth-order valence-electron chi connectivity index (χ4n) is 0. The van der Waals surface area contributed by atoms with Crippen LogP contribution in [-0.4, -0.2) is 4.03 Å². The average molecular weight is 151 g/mol. The van der Waals surface area contributed by atoms with Gasteiger partial charge < -0.3 is 0 Å². The smallest absolute Gasteiger partial charge is 0 e. The van der Waals surface area contributed by atoms with Crippen molar-refractivity contribution in [1.29, 1.82) is 0 Å². The van der Waals surface area contributed by atoms with Crippen molar-refractivity contribution in [1.82, 2.24) is 0 Å². The fourth-order valence-corrected chi connectivity index (χ4v) is 0. The molecule has 0 amide bonds. The second kappa shape index (κ2) is 4.73. The predicted molar refractivity (Wildman–Crippen MR) is 3.59 cm³/mol. The van der Waals surface area contributed by atoms with Gasteiger partial charge in [0.25, 0.3) is 0 Å². The van der Waals surface area contributed by atoms with Gasteiger partial charge in [-0.15, -0.1) is 0 Å². The molecule has 0 aliphatic carbocycles. The first kappa shape index (κ1) is 9.21. The van der Waals surface area contributed by atoms with Crippen molar-refractivity contribution < 1.29 is 45.3 Å². The zero-order valence-electron chi connectivity index (χ0n) is 2.16. The van der Waals surface area contributed by atoms with Gasteiger partial charge in [-0.05, 0) is 0 Å². The normalized spacial score (nSPS) is 5.00. The van der Waals surface area contributed by atoms with Crippen LogP contribution in [0.4, 0.5) is 0 Å². The third kappa shape index (κ3) is 66.3. The van der Waals surface area contributed by atoms with Crippen LogP contribution in [0.25, 0.3) is 0 Å². The molecule has 5 heavy (non-hydrogen) atoms. The van der Waals surface area contributed by atoms with Crippen LogP contribution < -0.4 is 0 Å². The average Bonchev–Trinajstić information content (AvgIpc) is 0.811. The quantitative estimate of drug-likeness (QED) is 0.493. The molecular weight excluding hydrogens is 150 g/mol. The minimum absolute atomic E-state index is 0. The molecule has 1 radical (unpaired) electrons. The summed E-state index contributed by atoms with van der Waals surface area (Å²) in [4.78, 5) is 0. The van der Waals surface area contributed by atoms with Crippen LogP contribution in [0.5, 0.6) is 0 Å². The molecule has 0 saturated heterocycles. The van der Waals surface area contributed by atoms with E-state index in [1.54, 1.807) is 0 Å². The molecular formula is HO3V2. The van der Waals surface area contributed by atoms with E-state index >= 15 is 0 Å². The molecule has 0 aromatic heterocycles. The van der Waals surface area contributed by atoms with Gasteiger partial charge in [-0.1, -0.05) is 0 Å². The van der Waals surface area contributed by atoms with Gasteiger partial charge in [-0.2, -0.15) is 0 Å². The predicted octanol–water partition coefficient (Wildman–Crippen LogP) is -0.800. The third-order valence-corrected chi connectivity index (χ3v) is 0. The van der Waals surface area contributed by atoms with E-state index in [4.69, 9.17) is 11.4 Å². The molecule has 0 bridgehead atoms. The van der Waals surface area contributed by atoms with Crippen LogP contribution in [0.15, 0.2) is 0 Å². The first-order chi connectivity index (χ1) is 1.73. The van der Waals surface area contributed by atoms with Gasteiger partial charge in [-0.25, -0.2) is 0 Å². The molecule has 0 saturated carbocycles. The molecule has 0 heterocycles. The summed E-state index contributed by atoms with van der Waals surface area (Å²) >= 11 is -3.69. The second-order valence-corrected chi connectivity index (χ2v) is 0.981. The molecule has 0 unspecified atom stereocenters. The van der Waals surface area contributed by atoms with Crippen molar-refractivity contribution in [3.8, 4) is 0 Å². The van der Waals surface area contributed by atoms with Gasteiger partial charge in [0.05, 0.1) is 0 Å². The van der Waals surface area contributed by atoms with E-state index in [-0.39, 0.29) is 18.6 Å². The molecule has 0 aliphatic heterocycles. The van der Waals surface area contributed by atoms with E-state index in [0.717, 1.165) is 0 Å². The SMILES string of the molecule is [O]=[V](=[O])[OH].[V]. The fraction of sp³-hybridized carbons (Fsp3) is 0. The Kier molecular flexibility index (Phi) is 8.71. The number of hydrogen-bond donors (Lipinski definition) is 1. The summed E-state index contributed by atoms with van der Waals surface area (Å²) in [7, 11) is 0. The van der Waals surface area contributed by atoms with Crippen molar-refractivity contribution in [3.05, 3.63) is 0 Å². The van der Waals surface area contributed by atoms with Gasteiger partial charge in [-0.3, -0.25) is 0 Å². The molecule has 0 aromatic rings. The Morgan fingerprint density at radius 2 is 1.40 bits per heavy atom. The van der Waals surface area contributed by atoms with Crippen LogP contribution in [0.1, 0.15) is 0 Å². The maximum atomic E-state index is 8.67. The Morgan fingerprint density at radius 1 is 1.40 bits per heavy atom. The van der Waals surface area contributed by atoms with E-state index in [9.17, 15) is 0 Å². The van der Waals surface area contributed by atoms with Crippen LogP contribution in [0.2, 0.25) is 0 Å². The number of rotatable bonds is 0. The summed E-state index contributed by atoms with van der Waals surface area (Å²) in [6.07, 6.45) is 0. The summed E-state index contributed by atoms with van der Waals surface area (Å²) < 4.78 is 24.4. The minimum Gasteiger partial charge on any atom is 0 e.